The second-order valence-electron chi connectivity index (χ2n) is 5.92. The van der Waals surface area contributed by atoms with Gasteiger partial charge in [-0.2, -0.15) is 0 Å². The largest absolute Gasteiger partial charge is 0.262 e. The molecule has 0 amide bonds. The lowest BCUT2D eigenvalue weighted by Gasteiger charge is -2.20. The molecule has 2 aromatic rings. The fraction of sp³-hybridized carbons (Fsp3) is 0.158. The lowest BCUT2D eigenvalue weighted by molar-refractivity contribution is 0.822. The number of allylic oxidation sites excluding steroid dienone is 2. The van der Waals surface area contributed by atoms with Crippen molar-refractivity contribution in [1.82, 2.24) is 4.98 Å². The summed E-state index contributed by atoms with van der Waals surface area (Å²) < 4.78 is 0. The Kier molecular flexibility index (Phi) is 4.82. The molecule has 0 aliphatic carbocycles. The van der Waals surface area contributed by atoms with E-state index in [9.17, 15) is 0 Å². The summed E-state index contributed by atoms with van der Waals surface area (Å²) in [6.07, 6.45) is 11.3. The van der Waals surface area contributed by atoms with Crippen molar-refractivity contribution in [2.45, 2.75) is 12.8 Å². The Balaban J connectivity index is 1.56. The van der Waals surface area contributed by atoms with E-state index in [1.165, 1.54) is 0 Å². The molecule has 2 aliphatic rings. The minimum atomic E-state index is 0.585. The number of aromatic nitrogens is 1. The van der Waals surface area contributed by atoms with Gasteiger partial charge in [-0.1, -0.05) is 40.6 Å². The van der Waals surface area contributed by atoms with Gasteiger partial charge in [0.1, 0.15) is 5.70 Å². The van der Waals surface area contributed by atoms with Crippen LogP contribution in [0.5, 0.6) is 0 Å². The number of anilines is 1. The fourth-order valence-electron chi connectivity index (χ4n) is 2.82. The first-order valence-electron chi connectivity index (χ1n) is 8.22. The Morgan fingerprint density at radius 3 is 2.73 bits per heavy atom. The Morgan fingerprint density at radius 2 is 2.00 bits per heavy atom. The Hall–Kier alpha value is -2.50. The molecule has 0 bridgehead atoms. The zero-order chi connectivity index (χ0) is 17.9. The molecule has 0 unspecified atom stereocenters. The lowest BCUT2D eigenvalue weighted by atomic mass is 10.1. The molecule has 0 fully saturated rings. The van der Waals surface area contributed by atoms with Gasteiger partial charge in [-0.15, -0.1) is 5.11 Å². The summed E-state index contributed by atoms with van der Waals surface area (Å²) in [7, 11) is 0. The highest BCUT2D eigenvalue weighted by Gasteiger charge is 2.15. The molecular weight excluding hydrogens is 369 g/mol. The van der Waals surface area contributed by atoms with E-state index in [-0.39, 0.29) is 0 Å². The molecule has 3 heterocycles. The summed E-state index contributed by atoms with van der Waals surface area (Å²) in [4.78, 5) is 8.70. The molecule has 0 saturated heterocycles. The first-order chi connectivity index (χ1) is 12.7. The van der Waals surface area contributed by atoms with Crippen LogP contribution in [0, 0.1) is 0 Å². The Morgan fingerprint density at radius 1 is 1.08 bits per heavy atom. The second-order valence-corrected chi connectivity index (χ2v) is 6.76. The first-order valence-corrected chi connectivity index (χ1v) is 8.98. The van der Waals surface area contributed by atoms with E-state index >= 15 is 0 Å². The quantitative estimate of drug-likeness (QED) is 0.664. The van der Waals surface area contributed by atoms with Crippen LogP contribution >= 0.6 is 23.2 Å². The smallest absolute Gasteiger partial charge is 0.107 e. The van der Waals surface area contributed by atoms with Crippen LogP contribution in [0.3, 0.4) is 0 Å². The lowest BCUT2D eigenvalue weighted by Crippen LogP contribution is -2.20. The van der Waals surface area contributed by atoms with Crippen LogP contribution in [0.2, 0.25) is 10.0 Å². The molecule has 1 aromatic heterocycles. The van der Waals surface area contributed by atoms with Gasteiger partial charge in [-0.05, 0) is 37.1 Å². The molecule has 0 N–H and O–H groups in total. The third kappa shape index (κ3) is 3.54. The minimum absolute atomic E-state index is 0.585. The zero-order valence-electron chi connectivity index (χ0n) is 13.8. The number of hydrogen-bond donors (Lipinski definition) is 0. The topological polar surface area (TPSA) is 53.2 Å². The van der Waals surface area contributed by atoms with Gasteiger partial charge in [0.05, 0.1) is 24.1 Å². The maximum Gasteiger partial charge on any atom is 0.107 e. The molecule has 2 aliphatic heterocycles. The van der Waals surface area contributed by atoms with Gasteiger partial charge in [0.2, 0.25) is 0 Å². The summed E-state index contributed by atoms with van der Waals surface area (Å²) in [5.74, 6) is 0. The molecule has 0 radical (unpaired) electrons. The average Bonchev–Trinajstić information content (AvgIpc) is 2.69. The molecule has 1 aromatic carbocycles. The third-order valence-corrected chi connectivity index (χ3v) is 4.71. The van der Waals surface area contributed by atoms with E-state index in [4.69, 9.17) is 23.2 Å². The highest BCUT2D eigenvalue weighted by molar-refractivity contribution is 6.36. The van der Waals surface area contributed by atoms with Crippen LogP contribution in [0.25, 0.3) is 11.1 Å². The van der Waals surface area contributed by atoms with E-state index in [0.29, 0.717) is 16.6 Å². The number of rotatable bonds is 3. The number of hydrogen-bond acceptors (Lipinski definition) is 5. The van der Waals surface area contributed by atoms with Crippen LogP contribution in [-0.2, 0) is 0 Å². The van der Waals surface area contributed by atoms with Gasteiger partial charge in [-0.3, -0.25) is 9.98 Å². The van der Waals surface area contributed by atoms with Crippen molar-refractivity contribution in [3.05, 3.63) is 70.8 Å². The number of nitrogens with zero attached hydrogens (tertiary/aromatic N) is 5. The van der Waals surface area contributed by atoms with Gasteiger partial charge in [0, 0.05) is 33.6 Å². The third-order valence-electron chi connectivity index (χ3n) is 4.16. The SMILES string of the molecule is Clc1ccc(-c2cncc(N3CC=C(C4=NC=CCC4)N=N3)c2)c(Cl)c1. The van der Waals surface area contributed by atoms with Crippen LogP contribution in [-0.4, -0.2) is 17.2 Å². The van der Waals surface area contributed by atoms with Gasteiger partial charge < -0.3 is 0 Å². The molecule has 4 rings (SSSR count). The number of benzene rings is 1. The van der Waals surface area contributed by atoms with E-state index < -0.39 is 0 Å². The zero-order valence-corrected chi connectivity index (χ0v) is 15.3. The molecule has 26 heavy (non-hydrogen) atoms. The van der Waals surface area contributed by atoms with Crippen LogP contribution in [0.15, 0.2) is 76.0 Å². The van der Waals surface area contributed by atoms with Crippen molar-refractivity contribution >= 4 is 34.6 Å². The molecule has 5 nitrogen and oxygen atoms in total. The number of pyridine rings is 1. The first kappa shape index (κ1) is 16.9. The predicted octanol–water partition coefficient (Wildman–Crippen LogP) is 5.88. The van der Waals surface area contributed by atoms with E-state index in [0.717, 1.165) is 41.1 Å². The van der Waals surface area contributed by atoms with E-state index in [1.54, 1.807) is 23.5 Å². The van der Waals surface area contributed by atoms with E-state index in [2.05, 4.69) is 26.4 Å². The normalized spacial score (nSPS) is 16.5. The molecular formula is C19H15Cl2N5. The monoisotopic (exact) mass is 383 g/mol. The molecule has 0 spiro atoms. The van der Waals surface area contributed by atoms with Crippen molar-refractivity contribution in [3.8, 4) is 11.1 Å². The van der Waals surface area contributed by atoms with Crippen molar-refractivity contribution < 1.29 is 0 Å². The maximum absolute atomic E-state index is 6.31. The van der Waals surface area contributed by atoms with Crippen molar-refractivity contribution in [2.75, 3.05) is 11.6 Å². The molecule has 0 atom stereocenters. The van der Waals surface area contributed by atoms with Crippen LogP contribution in [0.4, 0.5) is 5.69 Å². The number of aliphatic imine (C=N–C) groups is 1. The molecule has 7 heteroatoms. The Labute approximate surface area is 161 Å². The summed E-state index contributed by atoms with van der Waals surface area (Å²) in [6.45, 7) is 0.612. The summed E-state index contributed by atoms with van der Waals surface area (Å²) in [5.41, 5.74) is 4.44. The van der Waals surface area contributed by atoms with Crippen molar-refractivity contribution in [1.29, 1.82) is 0 Å². The van der Waals surface area contributed by atoms with Gasteiger partial charge >= 0.3 is 0 Å². The molecule has 130 valence electrons. The summed E-state index contributed by atoms with van der Waals surface area (Å²) >= 11 is 12.3. The van der Waals surface area contributed by atoms with Gasteiger partial charge in [-0.25, -0.2) is 5.01 Å². The average molecular weight is 384 g/mol. The number of halogens is 2. The second kappa shape index (κ2) is 7.40. The standard InChI is InChI=1S/C19H15Cl2N5/c20-14-4-5-16(17(21)10-14)13-9-15(12-22-11-13)26-8-6-19(24-25-26)18-3-1-2-7-23-18/h2,4-7,9-12H,1,3,8H2. The summed E-state index contributed by atoms with van der Waals surface area (Å²) in [5, 5.41) is 11.6. The maximum atomic E-state index is 6.31. The van der Waals surface area contributed by atoms with Crippen molar-refractivity contribution in [2.24, 2.45) is 15.3 Å². The van der Waals surface area contributed by atoms with Gasteiger partial charge in [0.15, 0.2) is 0 Å². The highest BCUT2D eigenvalue weighted by atomic mass is 35.5. The van der Waals surface area contributed by atoms with Crippen molar-refractivity contribution in [3.63, 3.8) is 0 Å². The minimum Gasteiger partial charge on any atom is -0.262 e. The van der Waals surface area contributed by atoms with Crippen LogP contribution in [0.1, 0.15) is 12.8 Å². The summed E-state index contributed by atoms with van der Waals surface area (Å²) in [6, 6.07) is 7.40. The Bertz CT molecular complexity index is 962. The predicted molar refractivity (Wildman–Crippen MR) is 106 cm³/mol. The van der Waals surface area contributed by atoms with Gasteiger partial charge in [0.25, 0.3) is 0 Å². The fourth-order valence-corrected chi connectivity index (χ4v) is 3.34. The van der Waals surface area contributed by atoms with Crippen LogP contribution < -0.4 is 5.01 Å². The highest BCUT2D eigenvalue weighted by Crippen LogP contribution is 2.32. The molecule has 0 saturated carbocycles. The van der Waals surface area contributed by atoms with E-state index in [1.807, 2.05) is 30.5 Å².